The van der Waals surface area contributed by atoms with E-state index in [0.717, 1.165) is 0 Å². The van der Waals surface area contributed by atoms with Crippen LogP contribution in [0.25, 0.3) is 0 Å². The normalized spacial score (nSPS) is 25.8. The first-order chi connectivity index (χ1) is 19.5. The Kier molecular flexibility index (Phi) is 10.1. The molecule has 6 atom stereocenters. The summed E-state index contributed by atoms with van der Waals surface area (Å²) in [7, 11) is 1.48. The maximum atomic E-state index is 13.4. The first kappa shape index (κ1) is 33.0. The molecule has 0 aliphatic heterocycles. The average Bonchev–Trinajstić information content (AvgIpc) is 2.93. The number of hydrogen-bond acceptors (Lipinski definition) is 10. The number of benzene rings is 1. The van der Waals surface area contributed by atoms with Crippen LogP contribution >= 0.6 is 11.8 Å². The number of aliphatic carboxylic acids is 2. The number of methoxy groups -OCH3 is 1. The zero-order chi connectivity index (χ0) is 31.6. The van der Waals surface area contributed by atoms with Crippen LogP contribution in [-0.2, 0) is 29.4 Å². The summed E-state index contributed by atoms with van der Waals surface area (Å²) in [5.41, 5.74) is 4.34. The summed E-state index contributed by atoms with van der Waals surface area (Å²) in [6.45, 7) is 4.57. The van der Waals surface area contributed by atoms with Crippen molar-refractivity contribution in [1.29, 1.82) is 0 Å². The molecule has 230 valence electrons. The molecule has 42 heavy (non-hydrogen) atoms. The summed E-state index contributed by atoms with van der Waals surface area (Å²) < 4.78 is 5.41. The number of Topliss-reactive ketones (excluding diaryl/α,β-unsaturated/α-hetero) is 2. The highest BCUT2D eigenvalue weighted by atomic mass is 32.2. The van der Waals surface area contributed by atoms with Crippen LogP contribution in [0.4, 0.5) is 0 Å². The van der Waals surface area contributed by atoms with Gasteiger partial charge < -0.3 is 36.4 Å². The minimum atomic E-state index is -1.47. The number of carboxylic acid groups (broad SMARTS) is 2. The first-order valence-electron chi connectivity index (χ1n) is 13.4. The van der Waals surface area contributed by atoms with Crippen molar-refractivity contribution in [2.45, 2.75) is 68.9 Å². The predicted molar refractivity (Wildman–Crippen MR) is 151 cm³/mol. The molecule has 13 nitrogen and oxygen atoms in total. The molecule has 0 saturated heterocycles. The number of ether oxygens (including phenoxy) is 1. The molecule has 0 aromatic heterocycles. The molecule has 2 amide bonds. The third-order valence-corrected chi connectivity index (χ3v) is 9.95. The van der Waals surface area contributed by atoms with Crippen LogP contribution in [0.3, 0.4) is 0 Å². The molecule has 0 heterocycles. The van der Waals surface area contributed by atoms with E-state index in [1.165, 1.54) is 18.9 Å². The number of carbonyl (C=O) groups is 6. The van der Waals surface area contributed by atoms with Gasteiger partial charge in [0.2, 0.25) is 11.8 Å². The Labute approximate surface area is 246 Å². The zero-order valence-corrected chi connectivity index (χ0v) is 24.7. The zero-order valence-electron chi connectivity index (χ0n) is 23.8. The number of nitrogens with two attached hydrogens (primary N) is 1. The van der Waals surface area contributed by atoms with E-state index in [2.05, 4.69) is 10.6 Å². The van der Waals surface area contributed by atoms with Crippen molar-refractivity contribution < 1.29 is 48.8 Å². The Bertz CT molecular complexity index is 1280. The third-order valence-electron chi connectivity index (χ3n) is 8.37. The van der Waals surface area contributed by atoms with Crippen molar-refractivity contribution in [3.8, 4) is 5.75 Å². The van der Waals surface area contributed by atoms with Crippen LogP contribution in [0, 0.1) is 11.3 Å². The molecule has 1 fully saturated rings. The molecule has 1 aromatic rings. The molecule has 1 aromatic carbocycles. The highest BCUT2D eigenvalue weighted by Gasteiger charge is 2.63. The van der Waals surface area contributed by atoms with Crippen molar-refractivity contribution in [2.75, 3.05) is 19.4 Å². The third kappa shape index (κ3) is 6.45. The minimum Gasteiger partial charge on any atom is -0.497 e. The number of amides is 2. The number of aliphatic hydroxyl groups is 1. The lowest BCUT2D eigenvalue weighted by Gasteiger charge is -2.57. The summed E-state index contributed by atoms with van der Waals surface area (Å²) in [5, 5.41) is 33.4. The lowest BCUT2D eigenvalue weighted by Crippen LogP contribution is -2.64. The lowest BCUT2D eigenvalue weighted by atomic mass is 9.48. The highest BCUT2D eigenvalue weighted by Crippen LogP contribution is 2.59. The monoisotopic (exact) mass is 607 g/mol. The summed E-state index contributed by atoms with van der Waals surface area (Å²) in [4.78, 5) is 74.3. The van der Waals surface area contributed by atoms with Crippen molar-refractivity contribution in [3.05, 3.63) is 29.3 Å². The van der Waals surface area contributed by atoms with Gasteiger partial charge in [0.25, 0.3) is 0 Å². The van der Waals surface area contributed by atoms with Crippen molar-refractivity contribution in [1.82, 2.24) is 10.6 Å². The van der Waals surface area contributed by atoms with E-state index in [1.54, 1.807) is 32.0 Å². The van der Waals surface area contributed by atoms with E-state index in [-0.39, 0.29) is 30.8 Å². The standard InChI is InChI=1S/C28H37N3O10S/c1-27(2)18(32)10-19(28(3)15-9-13(41-4)5-6-14(15)22(36)23(37)24(27)28)42-12-17(25(38)30-11-21(34)35)31-20(33)8-7-16(29)26(39)40/h5-6,9,16-17,19,23-24,37H,7-8,10-12,29H2,1-4H3,(H,30,38)(H,31,33)(H,34,35)(H,39,40). The van der Waals surface area contributed by atoms with E-state index in [4.69, 9.17) is 20.7 Å². The molecule has 2 aliphatic rings. The van der Waals surface area contributed by atoms with Crippen molar-refractivity contribution in [2.24, 2.45) is 17.1 Å². The Morgan fingerprint density at radius 2 is 1.83 bits per heavy atom. The maximum absolute atomic E-state index is 13.4. The van der Waals surface area contributed by atoms with Crippen LogP contribution in [-0.4, -0.2) is 93.5 Å². The maximum Gasteiger partial charge on any atom is 0.322 e. The lowest BCUT2D eigenvalue weighted by molar-refractivity contribution is -0.140. The van der Waals surface area contributed by atoms with E-state index < -0.39 is 76.3 Å². The van der Waals surface area contributed by atoms with Crippen LogP contribution in [0.5, 0.6) is 5.75 Å². The Morgan fingerprint density at radius 1 is 1.17 bits per heavy atom. The van der Waals surface area contributed by atoms with Crippen molar-refractivity contribution in [3.63, 3.8) is 0 Å². The Hall–Kier alpha value is -3.49. The number of aliphatic hydroxyl groups excluding tert-OH is 1. The van der Waals surface area contributed by atoms with Crippen molar-refractivity contribution >= 4 is 47.1 Å². The summed E-state index contributed by atoms with van der Waals surface area (Å²) in [6, 6.07) is 2.39. The number of carboxylic acids is 2. The minimum absolute atomic E-state index is 0.0348. The molecule has 3 rings (SSSR count). The van der Waals surface area contributed by atoms with Gasteiger partial charge in [-0.3, -0.25) is 28.8 Å². The highest BCUT2D eigenvalue weighted by molar-refractivity contribution is 8.00. The van der Waals surface area contributed by atoms with E-state index >= 15 is 0 Å². The Balaban J connectivity index is 1.96. The van der Waals surface area contributed by atoms with Crippen LogP contribution < -0.4 is 21.1 Å². The van der Waals surface area contributed by atoms with Gasteiger partial charge in [-0.2, -0.15) is 11.8 Å². The van der Waals surface area contributed by atoms with Crippen LogP contribution in [0.2, 0.25) is 0 Å². The summed E-state index contributed by atoms with van der Waals surface area (Å²) >= 11 is 1.18. The molecular formula is C28H37N3O10S. The van der Waals surface area contributed by atoms with E-state index in [1.807, 2.05) is 6.92 Å². The fourth-order valence-electron chi connectivity index (χ4n) is 6.04. The average molecular weight is 608 g/mol. The molecule has 2 aliphatic carbocycles. The number of carbonyl (C=O) groups excluding carboxylic acids is 4. The largest absolute Gasteiger partial charge is 0.497 e. The van der Waals surface area contributed by atoms with Gasteiger partial charge in [-0.1, -0.05) is 20.8 Å². The molecule has 0 spiro atoms. The molecular weight excluding hydrogens is 570 g/mol. The fraction of sp³-hybridized carbons (Fsp3) is 0.571. The number of nitrogens with one attached hydrogen (secondary N) is 2. The molecule has 1 saturated carbocycles. The van der Waals surface area contributed by atoms with Gasteiger partial charge in [-0.25, -0.2) is 0 Å². The van der Waals surface area contributed by atoms with Gasteiger partial charge in [0.05, 0.1) is 7.11 Å². The number of thioether (sulfide) groups is 1. The topological polar surface area (TPSA) is 222 Å². The second kappa shape index (κ2) is 12.8. The van der Waals surface area contributed by atoms with E-state index in [9.17, 15) is 33.9 Å². The molecule has 6 unspecified atom stereocenters. The summed E-state index contributed by atoms with van der Waals surface area (Å²) in [5.74, 6) is -5.14. The first-order valence-corrected chi connectivity index (χ1v) is 14.4. The van der Waals surface area contributed by atoms with Gasteiger partial charge in [0.15, 0.2) is 5.78 Å². The van der Waals surface area contributed by atoms with Gasteiger partial charge in [-0.05, 0) is 30.2 Å². The van der Waals surface area contributed by atoms with E-state index in [0.29, 0.717) is 16.9 Å². The quantitative estimate of drug-likeness (QED) is 0.186. The van der Waals surface area contributed by atoms with Gasteiger partial charge in [0, 0.05) is 46.2 Å². The molecule has 7 N–H and O–H groups in total. The van der Waals surface area contributed by atoms with Gasteiger partial charge in [0.1, 0.15) is 36.3 Å². The SMILES string of the molecule is COc1ccc2c(c1)C1(C)C(SCC(NC(=O)CCC(N)C(=O)O)C(=O)NCC(=O)O)CC(=O)C(C)(C)C1C(O)C2=O. The van der Waals surface area contributed by atoms with Gasteiger partial charge >= 0.3 is 11.9 Å². The number of rotatable bonds is 12. The van der Waals surface area contributed by atoms with Crippen LogP contribution in [0.1, 0.15) is 56.0 Å². The Morgan fingerprint density at radius 3 is 2.43 bits per heavy atom. The summed E-state index contributed by atoms with van der Waals surface area (Å²) in [6.07, 6.45) is -1.91. The smallest absolute Gasteiger partial charge is 0.322 e. The van der Waals surface area contributed by atoms with Gasteiger partial charge in [-0.15, -0.1) is 0 Å². The second-order valence-corrected chi connectivity index (χ2v) is 12.6. The number of ketones is 2. The van der Waals surface area contributed by atoms with Crippen LogP contribution in [0.15, 0.2) is 18.2 Å². The molecule has 0 radical (unpaired) electrons. The number of fused-ring (bicyclic) bond motifs is 3. The predicted octanol–water partition coefficient (Wildman–Crippen LogP) is 0.105. The molecule has 14 heteroatoms. The number of hydrogen-bond donors (Lipinski definition) is 6. The molecule has 0 bridgehead atoms. The fourth-order valence-corrected chi connectivity index (χ4v) is 7.59. The second-order valence-electron chi connectivity index (χ2n) is 11.4.